The molecule has 2 saturated heterocycles. The fraction of sp³-hybridized carbons (Fsp3) is 0.524. The van der Waals surface area contributed by atoms with Crippen molar-refractivity contribution >= 4 is 26.9 Å². The number of rotatable bonds is 2. The lowest BCUT2D eigenvalue weighted by atomic mass is 9.89. The van der Waals surface area contributed by atoms with Crippen LogP contribution in [-0.2, 0) is 14.8 Å². The van der Waals surface area contributed by atoms with Crippen molar-refractivity contribution in [1.82, 2.24) is 14.2 Å². The molecular weight excluding hydrogens is 409 g/mol. The van der Waals surface area contributed by atoms with E-state index in [0.29, 0.717) is 38.0 Å². The maximum Gasteiger partial charge on any atom is 0.410 e. The summed E-state index contributed by atoms with van der Waals surface area (Å²) in [6.07, 6.45) is 2.83. The van der Waals surface area contributed by atoms with Gasteiger partial charge in [-0.05, 0) is 45.1 Å². The van der Waals surface area contributed by atoms with Crippen molar-refractivity contribution in [2.45, 2.75) is 37.7 Å². The third kappa shape index (κ3) is 3.88. The molecular formula is C21H26FN3O4S. The summed E-state index contributed by atoms with van der Waals surface area (Å²) in [5.41, 5.74) is -0.577. The number of carbonyl (C=O) groups excluding carboxylic acids is 1. The van der Waals surface area contributed by atoms with Crippen LogP contribution in [0.3, 0.4) is 0 Å². The monoisotopic (exact) mass is 435 g/mol. The number of hydrogen-bond acceptors (Lipinski definition) is 5. The van der Waals surface area contributed by atoms with Crippen molar-refractivity contribution in [2.75, 3.05) is 26.2 Å². The third-order valence-electron chi connectivity index (χ3n) is 5.74. The van der Waals surface area contributed by atoms with Crippen molar-refractivity contribution in [2.24, 2.45) is 11.8 Å². The van der Waals surface area contributed by atoms with Crippen LogP contribution in [0, 0.1) is 17.7 Å². The summed E-state index contributed by atoms with van der Waals surface area (Å²) in [6.45, 7) is 7.13. The van der Waals surface area contributed by atoms with Gasteiger partial charge in [0.2, 0.25) is 10.0 Å². The summed E-state index contributed by atoms with van der Waals surface area (Å²) in [6, 6.07) is 4.69. The second-order valence-corrected chi connectivity index (χ2v) is 10.9. The molecule has 2 aromatic rings. The minimum absolute atomic E-state index is 0.0301. The maximum atomic E-state index is 14.4. The molecule has 3 heterocycles. The molecule has 1 aromatic carbocycles. The molecule has 0 radical (unpaired) electrons. The number of halogens is 1. The maximum absolute atomic E-state index is 14.4. The molecule has 0 aliphatic carbocycles. The van der Waals surface area contributed by atoms with E-state index in [2.05, 4.69) is 4.98 Å². The first kappa shape index (κ1) is 21.0. The molecule has 4 rings (SSSR count). The van der Waals surface area contributed by atoms with Crippen LogP contribution in [0.25, 0.3) is 10.8 Å². The summed E-state index contributed by atoms with van der Waals surface area (Å²) in [5.74, 6) is -0.457. The smallest absolute Gasteiger partial charge is 0.410 e. The Bertz CT molecular complexity index is 1080. The first-order valence-electron chi connectivity index (χ1n) is 10.1. The zero-order valence-corrected chi connectivity index (χ0v) is 18.2. The second kappa shape index (κ2) is 7.46. The molecule has 9 heteroatoms. The number of pyridine rings is 1. The van der Waals surface area contributed by atoms with Gasteiger partial charge in [-0.2, -0.15) is 4.31 Å². The molecule has 2 atom stereocenters. The highest BCUT2D eigenvalue weighted by Crippen LogP contribution is 2.36. The molecule has 0 N–H and O–H groups in total. The highest BCUT2D eigenvalue weighted by molar-refractivity contribution is 7.89. The van der Waals surface area contributed by atoms with Gasteiger partial charge < -0.3 is 9.64 Å². The van der Waals surface area contributed by atoms with E-state index in [-0.39, 0.29) is 28.2 Å². The summed E-state index contributed by atoms with van der Waals surface area (Å²) in [5, 5.41) is 0.515. The Balaban J connectivity index is 1.56. The van der Waals surface area contributed by atoms with Crippen molar-refractivity contribution < 1.29 is 22.3 Å². The van der Waals surface area contributed by atoms with E-state index in [1.807, 2.05) is 20.8 Å². The minimum Gasteiger partial charge on any atom is -0.444 e. The molecule has 0 saturated carbocycles. The predicted molar refractivity (Wildman–Crippen MR) is 110 cm³/mol. The van der Waals surface area contributed by atoms with E-state index in [0.717, 1.165) is 6.20 Å². The Hall–Kier alpha value is -2.26. The first-order valence-corrected chi connectivity index (χ1v) is 11.5. The molecule has 2 fully saturated rings. The van der Waals surface area contributed by atoms with Gasteiger partial charge in [0.05, 0.1) is 11.1 Å². The minimum atomic E-state index is -3.88. The number of hydrogen-bond donors (Lipinski definition) is 0. The second-order valence-electron chi connectivity index (χ2n) is 9.03. The Morgan fingerprint density at radius 3 is 2.63 bits per heavy atom. The van der Waals surface area contributed by atoms with Gasteiger partial charge in [-0.25, -0.2) is 17.6 Å². The van der Waals surface area contributed by atoms with Gasteiger partial charge in [0.1, 0.15) is 5.60 Å². The average Bonchev–Trinajstić information content (AvgIpc) is 3.10. The molecule has 2 aliphatic heterocycles. The number of sulfonamides is 1. The van der Waals surface area contributed by atoms with Crippen LogP contribution >= 0.6 is 0 Å². The number of aromatic nitrogens is 1. The lowest BCUT2D eigenvalue weighted by molar-refractivity contribution is 0.0139. The van der Waals surface area contributed by atoms with E-state index in [1.165, 1.54) is 16.6 Å². The normalized spacial score (nSPS) is 22.9. The number of likely N-dealkylation sites (tertiary alicyclic amines) is 1. The number of carbonyl (C=O) groups is 1. The molecule has 0 bridgehead atoms. The van der Waals surface area contributed by atoms with E-state index < -0.39 is 21.4 Å². The summed E-state index contributed by atoms with van der Waals surface area (Å²) in [4.78, 5) is 17.8. The Labute approximate surface area is 175 Å². The SMILES string of the molecule is CC(C)(C)OC(=O)N1CCC2CN(S(=O)(=O)c3cccc4cncc(F)c34)CC2C1. The lowest BCUT2D eigenvalue weighted by Gasteiger charge is -2.35. The van der Waals surface area contributed by atoms with Gasteiger partial charge in [0.15, 0.2) is 5.82 Å². The Kier molecular flexibility index (Phi) is 5.22. The summed E-state index contributed by atoms with van der Waals surface area (Å²) < 4.78 is 48.1. The molecule has 30 heavy (non-hydrogen) atoms. The van der Waals surface area contributed by atoms with Gasteiger partial charge in [0, 0.05) is 43.1 Å². The van der Waals surface area contributed by atoms with Crippen LogP contribution in [-0.4, -0.2) is 60.5 Å². The summed E-state index contributed by atoms with van der Waals surface area (Å²) >= 11 is 0. The quantitative estimate of drug-likeness (QED) is 0.724. The van der Waals surface area contributed by atoms with Crippen LogP contribution in [0.4, 0.5) is 9.18 Å². The first-order chi connectivity index (χ1) is 14.1. The van der Waals surface area contributed by atoms with Crippen LogP contribution in [0.1, 0.15) is 27.2 Å². The van der Waals surface area contributed by atoms with Crippen molar-refractivity contribution in [3.05, 3.63) is 36.4 Å². The van der Waals surface area contributed by atoms with Crippen LogP contribution < -0.4 is 0 Å². The fourth-order valence-corrected chi connectivity index (χ4v) is 6.10. The van der Waals surface area contributed by atoms with E-state index in [4.69, 9.17) is 4.74 Å². The molecule has 1 amide bonds. The van der Waals surface area contributed by atoms with Crippen molar-refractivity contribution in [3.63, 3.8) is 0 Å². The number of nitrogens with zero attached hydrogens (tertiary/aromatic N) is 3. The van der Waals surface area contributed by atoms with Gasteiger partial charge in [-0.1, -0.05) is 12.1 Å². The van der Waals surface area contributed by atoms with E-state index in [1.54, 1.807) is 17.0 Å². The molecule has 2 unspecified atom stereocenters. The highest BCUT2D eigenvalue weighted by atomic mass is 32.2. The lowest BCUT2D eigenvalue weighted by Crippen LogP contribution is -2.45. The molecule has 162 valence electrons. The topological polar surface area (TPSA) is 79.8 Å². The van der Waals surface area contributed by atoms with Crippen molar-refractivity contribution in [1.29, 1.82) is 0 Å². The van der Waals surface area contributed by atoms with E-state index in [9.17, 15) is 17.6 Å². The zero-order valence-electron chi connectivity index (χ0n) is 17.3. The highest BCUT2D eigenvalue weighted by Gasteiger charge is 2.43. The van der Waals surface area contributed by atoms with Crippen molar-refractivity contribution in [3.8, 4) is 0 Å². The number of piperidine rings is 1. The van der Waals surface area contributed by atoms with Gasteiger partial charge in [-0.15, -0.1) is 0 Å². The fourth-order valence-electron chi connectivity index (χ4n) is 4.33. The standard InChI is InChI=1S/C21H26FN3O4S/c1-21(2,3)29-20(26)24-8-7-15-12-25(13-16(15)11-24)30(27,28)18-6-4-5-14-9-23-10-17(22)19(14)18/h4-6,9-10,15-16H,7-8,11-13H2,1-3H3. The predicted octanol–water partition coefficient (Wildman–Crippen LogP) is 3.25. The third-order valence-corrected chi connectivity index (χ3v) is 7.61. The largest absolute Gasteiger partial charge is 0.444 e. The Morgan fingerprint density at radius 1 is 1.17 bits per heavy atom. The number of ether oxygens (including phenoxy) is 1. The van der Waals surface area contributed by atoms with Crippen LogP contribution in [0.5, 0.6) is 0 Å². The average molecular weight is 436 g/mol. The van der Waals surface area contributed by atoms with E-state index >= 15 is 0 Å². The van der Waals surface area contributed by atoms with Crippen LogP contribution in [0.2, 0.25) is 0 Å². The van der Waals surface area contributed by atoms with Crippen LogP contribution in [0.15, 0.2) is 35.5 Å². The number of benzene rings is 1. The van der Waals surface area contributed by atoms with Gasteiger partial charge in [0.25, 0.3) is 0 Å². The molecule has 0 spiro atoms. The zero-order chi connectivity index (χ0) is 21.7. The molecule has 7 nitrogen and oxygen atoms in total. The number of fused-ring (bicyclic) bond motifs is 2. The molecule has 1 aromatic heterocycles. The summed E-state index contributed by atoms with van der Waals surface area (Å²) in [7, 11) is -3.88. The molecule has 2 aliphatic rings. The Morgan fingerprint density at radius 2 is 1.90 bits per heavy atom. The number of amides is 1. The van der Waals surface area contributed by atoms with Gasteiger partial charge in [-0.3, -0.25) is 4.98 Å². The van der Waals surface area contributed by atoms with Gasteiger partial charge >= 0.3 is 6.09 Å².